The van der Waals surface area contributed by atoms with Gasteiger partial charge in [-0.05, 0) is 69.1 Å². The highest BCUT2D eigenvalue weighted by Crippen LogP contribution is 2.56. The van der Waals surface area contributed by atoms with Crippen LogP contribution in [-0.2, 0) is 23.9 Å². The zero-order valence-corrected chi connectivity index (χ0v) is 16.9. The Morgan fingerprint density at radius 2 is 1.76 bits per heavy atom. The predicted molar refractivity (Wildman–Crippen MR) is 105 cm³/mol. The second kappa shape index (κ2) is 7.28. The van der Waals surface area contributed by atoms with Crippen molar-refractivity contribution in [3.63, 3.8) is 0 Å². The summed E-state index contributed by atoms with van der Waals surface area (Å²) in [6.07, 6.45) is 2.91. The number of imide groups is 1. The summed E-state index contributed by atoms with van der Waals surface area (Å²) in [5, 5.41) is 2.72. The summed E-state index contributed by atoms with van der Waals surface area (Å²) >= 11 is 0. The van der Waals surface area contributed by atoms with Gasteiger partial charge in [-0.2, -0.15) is 0 Å². The topological polar surface area (TPSA) is 92.8 Å². The number of carbonyl (C=O) groups is 4. The predicted octanol–water partition coefficient (Wildman–Crippen LogP) is 2.20. The number of nitrogens with zero attached hydrogens (tertiary/aromatic N) is 1. The Labute approximate surface area is 169 Å². The summed E-state index contributed by atoms with van der Waals surface area (Å²) in [6, 6.07) is 4.53. The molecule has 2 saturated carbocycles. The van der Waals surface area contributed by atoms with Gasteiger partial charge in [-0.1, -0.05) is 12.1 Å². The van der Waals surface area contributed by atoms with Gasteiger partial charge in [0.05, 0.1) is 11.8 Å². The molecule has 0 aromatic heterocycles. The maximum absolute atomic E-state index is 12.8. The van der Waals surface area contributed by atoms with Crippen molar-refractivity contribution in [1.82, 2.24) is 4.90 Å². The van der Waals surface area contributed by atoms with E-state index in [9.17, 15) is 19.2 Å². The van der Waals surface area contributed by atoms with Crippen LogP contribution in [0.2, 0.25) is 0 Å². The first-order chi connectivity index (χ1) is 13.8. The molecule has 3 aliphatic rings. The molecular formula is C22H26N2O5. The van der Waals surface area contributed by atoms with Crippen molar-refractivity contribution >= 4 is 29.4 Å². The van der Waals surface area contributed by atoms with Crippen LogP contribution in [-0.4, -0.2) is 41.2 Å². The number of amides is 3. The molecule has 0 unspecified atom stereocenters. The number of carbonyl (C=O) groups excluding carboxylic acids is 4. The number of hydrogen-bond donors (Lipinski definition) is 1. The summed E-state index contributed by atoms with van der Waals surface area (Å²) < 4.78 is 5.11. The number of esters is 1. The van der Waals surface area contributed by atoms with Crippen LogP contribution in [0.25, 0.3) is 0 Å². The van der Waals surface area contributed by atoms with Gasteiger partial charge < -0.3 is 10.1 Å². The second-order valence-corrected chi connectivity index (χ2v) is 8.51. The fourth-order valence-corrected chi connectivity index (χ4v) is 5.25. The molecule has 3 amide bonds. The largest absolute Gasteiger partial charge is 0.454 e. The minimum Gasteiger partial charge on any atom is -0.454 e. The number of anilines is 1. The SMILES string of the molecule is Cc1cccc(NC(=O)COC(=O)[C@H](C)N2C(=O)[C@@H]3[C@H]4CC[C@@H](C4)[C@H]3C2=O)c1C. The lowest BCUT2D eigenvalue weighted by Crippen LogP contribution is -2.45. The van der Waals surface area contributed by atoms with Gasteiger partial charge in [-0.3, -0.25) is 19.3 Å². The van der Waals surface area contributed by atoms with E-state index in [1.165, 1.54) is 6.92 Å². The minimum atomic E-state index is -1.02. The average Bonchev–Trinajstić information content (AvgIpc) is 3.37. The minimum absolute atomic E-state index is 0.253. The molecule has 2 aliphatic carbocycles. The number of nitrogens with one attached hydrogen (secondary N) is 1. The molecule has 154 valence electrons. The van der Waals surface area contributed by atoms with Crippen LogP contribution in [0.4, 0.5) is 5.69 Å². The van der Waals surface area contributed by atoms with E-state index in [0.717, 1.165) is 35.3 Å². The fourth-order valence-electron chi connectivity index (χ4n) is 5.25. The molecule has 0 spiro atoms. The first-order valence-electron chi connectivity index (χ1n) is 10.2. The van der Waals surface area contributed by atoms with Crippen molar-refractivity contribution in [2.45, 2.75) is 46.1 Å². The molecule has 1 heterocycles. The molecule has 3 fully saturated rings. The number of likely N-dealkylation sites (tertiary alicyclic amines) is 1. The lowest BCUT2D eigenvalue weighted by molar-refractivity contribution is -0.159. The van der Waals surface area contributed by atoms with Crippen molar-refractivity contribution in [2.75, 3.05) is 11.9 Å². The summed E-state index contributed by atoms with van der Waals surface area (Å²) in [5.74, 6) is -1.74. The number of aryl methyl sites for hydroxylation is 1. The molecule has 1 aliphatic heterocycles. The lowest BCUT2D eigenvalue weighted by atomic mass is 9.81. The molecular weight excluding hydrogens is 372 g/mol. The lowest BCUT2D eigenvalue weighted by Gasteiger charge is -2.23. The molecule has 1 N–H and O–H groups in total. The molecule has 4 rings (SSSR count). The molecule has 1 aromatic carbocycles. The standard InChI is InChI=1S/C22H26N2O5/c1-11-5-4-6-16(12(11)2)23-17(25)10-29-22(28)13(3)24-20(26)18-14-7-8-15(9-14)19(18)21(24)27/h4-6,13-15,18-19H,7-10H2,1-3H3,(H,23,25)/t13-,14-,15-,18+,19+/m0/s1. The highest BCUT2D eigenvalue weighted by Gasteiger charge is 2.62. The van der Waals surface area contributed by atoms with Crippen LogP contribution in [0.3, 0.4) is 0 Å². The van der Waals surface area contributed by atoms with E-state index in [1.807, 2.05) is 26.0 Å². The van der Waals surface area contributed by atoms with Gasteiger partial charge in [0.2, 0.25) is 11.8 Å². The van der Waals surface area contributed by atoms with Crippen molar-refractivity contribution in [2.24, 2.45) is 23.7 Å². The van der Waals surface area contributed by atoms with Crippen molar-refractivity contribution in [3.8, 4) is 0 Å². The molecule has 7 heteroatoms. The van der Waals surface area contributed by atoms with Gasteiger partial charge in [0.15, 0.2) is 6.61 Å². The molecule has 2 bridgehead atoms. The second-order valence-electron chi connectivity index (χ2n) is 8.51. The van der Waals surface area contributed by atoms with Gasteiger partial charge in [0.25, 0.3) is 5.91 Å². The van der Waals surface area contributed by atoms with E-state index < -0.39 is 24.5 Å². The maximum atomic E-state index is 12.8. The highest BCUT2D eigenvalue weighted by molar-refractivity contribution is 6.08. The number of ether oxygens (including phenoxy) is 1. The van der Waals surface area contributed by atoms with Crippen molar-refractivity contribution < 1.29 is 23.9 Å². The van der Waals surface area contributed by atoms with E-state index in [-0.39, 0.29) is 35.5 Å². The smallest absolute Gasteiger partial charge is 0.329 e. The zero-order chi connectivity index (χ0) is 20.9. The van der Waals surface area contributed by atoms with Gasteiger partial charge in [0.1, 0.15) is 6.04 Å². The highest BCUT2D eigenvalue weighted by atomic mass is 16.5. The van der Waals surface area contributed by atoms with Gasteiger partial charge in [-0.25, -0.2) is 4.79 Å². The van der Waals surface area contributed by atoms with Crippen LogP contribution in [0.1, 0.15) is 37.3 Å². The number of fused-ring (bicyclic) bond motifs is 5. The van der Waals surface area contributed by atoms with Crippen LogP contribution < -0.4 is 5.32 Å². The normalized spacial score (nSPS) is 28.4. The van der Waals surface area contributed by atoms with E-state index >= 15 is 0 Å². The third kappa shape index (κ3) is 3.22. The van der Waals surface area contributed by atoms with Crippen LogP contribution in [0.15, 0.2) is 18.2 Å². The Morgan fingerprint density at radius 1 is 1.14 bits per heavy atom. The summed E-state index contributed by atoms with van der Waals surface area (Å²) in [4.78, 5) is 51.3. The first-order valence-corrected chi connectivity index (χ1v) is 10.2. The van der Waals surface area contributed by atoms with Crippen molar-refractivity contribution in [1.29, 1.82) is 0 Å². The zero-order valence-electron chi connectivity index (χ0n) is 16.9. The van der Waals surface area contributed by atoms with Crippen LogP contribution in [0, 0.1) is 37.5 Å². The Morgan fingerprint density at radius 3 is 2.38 bits per heavy atom. The van der Waals surface area contributed by atoms with Crippen LogP contribution in [0.5, 0.6) is 0 Å². The molecule has 1 saturated heterocycles. The third-order valence-corrected chi connectivity index (χ3v) is 6.91. The van der Waals surface area contributed by atoms with E-state index in [2.05, 4.69) is 5.32 Å². The monoisotopic (exact) mass is 398 g/mol. The Bertz CT molecular complexity index is 867. The fraction of sp³-hybridized carbons (Fsp3) is 0.545. The molecule has 5 atom stereocenters. The first kappa shape index (κ1) is 19.6. The maximum Gasteiger partial charge on any atom is 0.329 e. The quantitative estimate of drug-likeness (QED) is 0.606. The molecule has 0 radical (unpaired) electrons. The third-order valence-electron chi connectivity index (χ3n) is 6.91. The van der Waals surface area contributed by atoms with Crippen molar-refractivity contribution in [3.05, 3.63) is 29.3 Å². The average molecular weight is 398 g/mol. The summed E-state index contributed by atoms with van der Waals surface area (Å²) in [7, 11) is 0. The molecule has 1 aromatic rings. The Hall–Kier alpha value is -2.70. The van der Waals surface area contributed by atoms with Gasteiger partial charge in [-0.15, -0.1) is 0 Å². The molecule has 7 nitrogen and oxygen atoms in total. The molecule has 29 heavy (non-hydrogen) atoms. The van der Waals surface area contributed by atoms with E-state index in [1.54, 1.807) is 6.07 Å². The van der Waals surface area contributed by atoms with E-state index in [0.29, 0.717) is 5.69 Å². The Balaban J connectivity index is 1.35. The van der Waals surface area contributed by atoms with Gasteiger partial charge in [0, 0.05) is 5.69 Å². The van der Waals surface area contributed by atoms with Gasteiger partial charge >= 0.3 is 5.97 Å². The Kier molecular flexibility index (Phi) is 4.92. The number of hydrogen-bond acceptors (Lipinski definition) is 5. The summed E-state index contributed by atoms with van der Waals surface area (Å²) in [6.45, 7) is 4.86. The number of rotatable bonds is 5. The van der Waals surface area contributed by atoms with Crippen LogP contribution >= 0.6 is 0 Å². The van der Waals surface area contributed by atoms with E-state index in [4.69, 9.17) is 4.74 Å². The number of benzene rings is 1. The summed E-state index contributed by atoms with van der Waals surface area (Å²) in [5.41, 5.74) is 2.64.